The minimum Gasteiger partial charge on any atom is -0.347 e. The van der Waals surface area contributed by atoms with E-state index in [1.165, 1.54) is 0 Å². The van der Waals surface area contributed by atoms with Crippen LogP contribution in [0.1, 0.15) is 41.5 Å². The number of amides is 1. The van der Waals surface area contributed by atoms with Gasteiger partial charge in [0.15, 0.2) is 0 Å². The Labute approximate surface area is 120 Å². The molecule has 1 saturated heterocycles. The first-order valence-corrected chi connectivity index (χ1v) is 6.46. The van der Waals surface area contributed by atoms with Gasteiger partial charge in [0.2, 0.25) is 0 Å². The van der Waals surface area contributed by atoms with Gasteiger partial charge in [0.25, 0.3) is 5.91 Å². The zero-order valence-corrected chi connectivity index (χ0v) is 12.9. The highest BCUT2D eigenvalue weighted by atomic mass is 35.5. The summed E-state index contributed by atoms with van der Waals surface area (Å²) < 4.78 is 1.76. The van der Waals surface area contributed by atoms with Crippen LogP contribution in [0, 0.1) is 13.8 Å². The van der Waals surface area contributed by atoms with Gasteiger partial charge >= 0.3 is 0 Å². The smallest absolute Gasteiger partial charge is 0.255 e. The van der Waals surface area contributed by atoms with Crippen LogP contribution >= 0.6 is 12.4 Å². The van der Waals surface area contributed by atoms with E-state index in [2.05, 4.69) is 22.7 Å². The lowest BCUT2D eigenvalue weighted by Gasteiger charge is -2.35. The number of rotatable bonds is 2. The molecule has 1 fully saturated rings. The van der Waals surface area contributed by atoms with Crippen LogP contribution in [0.4, 0.5) is 0 Å². The number of aryl methyl sites for hydroxylation is 2. The second kappa shape index (κ2) is 5.92. The molecule has 0 radical (unpaired) electrons. The van der Waals surface area contributed by atoms with Crippen molar-refractivity contribution in [2.75, 3.05) is 13.1 Å². The van der Waals surface area contributed by atoms with Gasteiger partial charge in [-0.15, -0.1) is 12.4 Å². The molecule has 1 aliphatic rings. The standard InChI is InChI=1S/C13H22N4O.ClH/c1-9-11(10(2)17(4)16-9)12(18)15-13(3)5-7-14-8-6-13;/h14H,5-8H2,1-4H3,(H,15,18);1H. The number of nitrogens with zero attached hydrogens (tertiary/aromatic N) is 2. The minimum atomic E-state index is -0.100. The van der Waals surface area contributed by atoms with E-state index in [0.29, 0.717) is 0 Å². The minimum absolute atomic E-state index is 0. The molecule has 2 heterocycles. The van der Waals surface area contributed by atoms with E-state index >= 15 is 0 Å². The highest BCUT2D eigenvalue weighted by Gasteiger charge is 2.30. The fourth-order valence-corrected chi connectivity index (χ4v) is 2.54. The van der Waals surface area contributed by atoms with E-state index in [9.17, 15) is 4.79 Å². The normalized spacial score (nSPS) is 17.7. The fraction of sp³-hybridized carbons (Fsp3) is 0.692. The number of piperidine rings is 1. The average Bonchev–Trinajstić information content (AvgIpc) is 2.53. The van der Waals surface area contributed by atoms with Gasteiger partial charge in [-0.1, -0.05) is 0 Å². The molecule has 108 valence electrons. The summed E-state index contributed by atoms with van der Waals surface area (Å²) in [7, 11) is 1.87. The molecule has 5 nitrogen and oxygen atoms in total. The van der Waals surface area contributed by atoms with E-state index < -0.39 is 0 Å². The monoisotopic (exact) mass is 286 g/mol. The van der Waals surface area contributed by atoms with Gasteiger partial charge in [0.1, 0.15) is 0 Å². The number of aromatic nitrogens is 2. The molecule has 1 aliphatic heterocycles. The van der Waals surface area contributed by atoms with Crippen molar-refractivity contribution >= 4 is 18.3 Å². The molecule has 2 rings (SSSR count). The Morgan fingerprint density at radius 2 is 1.95 bits per heavy atom. The van der Waals surface area contributed by atoms with Crippen molar-refractivity contribution in [3.8, 4) is 0 Å². The van der Waals surface area contributed by atoms with Crippen LogP contribution in [0.3, 0.4) is 0 Å². The number of carbonyl (C=O) groups excluding carboxylic acids is 1. The first kappa shape index (κ1) is 16.0. The quantitative estimate of drug-likeness (QED) is 0.862. The predicted octanol–water partition coefficient (Wildman–Crippen LogP) is 1.33. The summed E-state index contributed by atoms with van der Waals surface area (Å²) >= 11 is 0. The van der Waals surface area contributed by atoms with Crippen LogP contribution in [-0.2, 0) is 7.05 Å². The second-order valence-corrected chi connectivity index (χ2v) is 5.43. The van der Waals surface area contributed by atoms with Gasteiger partial charge < -0.3 is 10.6 Å². The van der Waals surface area contributed by atoms with E-state index in [1.807, 2.05) is 20.9 Å². The molecule has 6 heteroatoms. The van der Waals surface area contributed by atoms with Gasteiger partial charge in [0.05, 0.1) is 11.3 Å². The third kappa shape index (κ3) is 3.28. The maximum absolute atomic E-state index is 12.4. The molecule has 0 saturated carbocycles. The Morgan fingerprint density at radius 1 is 1.37 bits per heavy atom. The molecule has 1 aromatic heterocycles. The van der Waals surface area contributed by atoms with Crippen LogP contribution in [0.2, 0.25) is 0 Å². The molecular formula is C13H23ClN4O. The Kier molecular flexibility index (Phi) is 4.98. The average molecular weight is 287 g/mol. The highest BCUT2D eigenvalue weighted by molar-refractivity contribution is 5.96. The lowest BCUT2D eigenvalue weighted by atomic mass is 9.90. The van der Waals surface area contributed by atoms with Gasteiger partial charge in [-0.3, -0.25) is 9.48 Å². The molecule has 0 bridgehead atoms. The largest absolute Gasteiger partial charge is 0.347 e. The van der Waals surface area contributed by atoms with Gasteiger partial charge in [-0.25, -0.2) is 0 Å². The molecule has 19 heavy (non-hydrogen) atoms. The van der Waals surface area contributed by atoms with Crippen molar-refractivity contribution < 1.29 is 4.79 Å². The van der Waals surface area contributed by atoms with Gasteiger partial charge in [0, 0.05) is 18.3 Å². The van der Waals surface area contributed by atoms with E-state index in [1.54, 1.807) is 4.68 Å². The number of hydrogen-bond donors (Lipinski definition) is 2. The van der Waals surface area contributed by atoms with Crippen molar-refractivity contribution in [1.82, 2.24) is 20.4 Å². The van der Waals surface area contributed by atoms with E-state index in [-0.39, 0.29) is 23.9 Å². The number of hydrogen-bond acceptors (Lipinski definition) is 3. The van der Waals surface area contributed by atoms with Gasteiger partial charge in [-0.05, 0) is 46.7 Å². The van der Waals surface area contributed by atoms with Gasteiger partial charge in [-0.2, -0.15) is 5.10 Å². The topological polar surface area (TPSA) is 59.0 Å². The maximum Gasteiger partial charge on any atom is 0.255 e. The van der Waals surface area contributed by atoms with Crippen LogP contribution in [0.15, 0.2) is 0 Å². The van der Waals surface area contributed by atoms with Crippen molar-refractivity contribution in [3.63, 3.8) is 0 Å². The molecule has 1 aromatic rings. The second-order valence-electron chi connectivity index (χ2n) is 5.43. The number of carbonyl (C=O) groups is 1. The molecule has 0 aromatic carbocycles. The number of nitrogens with one attached hydrogen (secondary N) is 2. The summed E-state index contributed by atoms with van der Waals surface area (Å²) in [6.45, 7) is 7.85. The Balaban J connectivity index is 0.00000180. The molecular weight excluding hydrogens is 264 g/mol. The van der Waals surface area contributed by atoms with Crippen molar-refractivity contribution in [3.05, 3.63) is 17.0 Å². The van der Waals surface area contributed by atoms with Crippen molar-refractivity contribution in [1.29, 1.82) is 0 Å². The van der Waals surface area contributed by atoms with E-state index in [0.717, 1.165) is 42.9 Å². The first-order chi connectivity index (χ1) is 8.43. The molecule has 0 unspecified atom stereocenters. The highest BCUT2D eigenvalue weighted by Crippen LogP contribution is 2.19. The Morgan fingerprint density at radius 3 is 2.42 bits per heavy atom. The maximum atomic E-state index is 12.4. The van der Waals surface area contributed by atoms with Crippen LogP contribution in [0.25, 0.3) is 0 Å². The van der Waals surface area contributed by atoms with Crippen LogP contribution in [0.5, 0.6) is 0 Å². The van der Waals surface area contributed by atoms with Crippen LogP contribution in [-0.4, -0.2) is 34.3 Å². The third-order valence-corrected chi connectivity index (χ3v) is 3.86. The first-order valence-electron chi connectivity index (χ1n) is 6.46. The summed E-state index contributed by atoms with van der Waals surface area (Å²) in [5.74, 6) is 0.00231. The summed E-state index contributed by atoms with van der Waals surface area (Å²) in [5.41, 5.74) is 2.33. The van der Waals surface area contributed by atoms with Crippen molar-refractivity contribution in [2.24, 2.45) is 7.05 Å². The molecule has 0 spiro atoms. The zero-order chi connectivity index (χ0) is 13.3. The number of halogens is 1. The Bertz CT molecular complexity index is 463. The molecule has 1 amide bonds. The SMILES string of the molecule is Cc1nn(C)c(C)c1C(=O)NC1(C)CCNCC1.Cl. The Hall–Kier alpha value is -1.07. The zero-order valence-electron chi connectivity index (χ0n) is 12.0. The lowest BCUT2D eigenvalue weighted by molar-refractivity contribution is 0.0886. The summed E-state index contributed by atoms with van der Waals surface area (Å²) in [6, 6.07) is 0. The molecule has 0 atom stereocenters. The molecule has 2 N–H and O–H groups in total. The van der Waals surface area contributed by atoms with E-state index in [4.69, 9.17) is 0 Å². The fourth-order valence-electron chi connectivity index (χ4n) is 2.54. The summed E-state index contributed by atoms with van der Waals surface area (Å²) in [4.78, 5) is 12.4. The summed E-state index contributed by atoms with van der Waals surface area (Å²) in [5, 5.41) is 10.8. The lowest BCUT2D eigenvalue weighted by Crippen LogP contribution is -2.52. The predicted molar refractivity (Wildman–Crippen MR) is 77.9 cm³/mol. The third-order valence-electron chi connectivity index (χ3n) is 3.86. The molecule has 0 aliphatic carbocycles. The van der Waals surface area contributed by atoms with Crippen molar-refractivity contribution in [2.45, 2.75) is 39.2 Å². The summed E-state index contributed by atoms with van der Waals surface area (Å²) in [6.07, 6.45) is 1.94. The van der Waals surface area contributed by atoms with Crippen LogP contribution < -0.4 is 10.6 Å².